The number of hydrogen-bond acceptors (Lipinski definition) is 2. The van der Waals surface area contributed by atoms with Gasteiger partial charge in [0.2, 0.25) is 0 Å². The Hall–Kier alpha value is 0.310. The SMILES string of the molecule is CCC1CCC(NC(C)CCSC)CC1. The van der Waals surface area contributed by atoms with E-state index in [0.717, 1.165) is 12.0 Å². The number of nitrogens with one attached hydrogen (secondary N) is 1. The molecule has 0 saturated heterocycles. The predicted molar refractivity (Wildman–Crippen MR) is 71.6 cm³/mol. The molecule has 0 bridgehead atoms. The maximum atomic E-state index is 3.78. The molecule has 0 aliphatic heterocycles. The minimum Gasteiger partial charge on any atom is -0.311 e. The van der Waals surface area contributed by atoms with Crippen molar-refractivity contribution in [3.05, 3.63) is 0 Å². The van der Waals surface area contributed by atoms with E-state index >= 15 is 0 Å². The first kappa shape index (κ1) is 13.4. The van der Waals surface area contributed by atoms with E-state index in [-0.39, 0.29) is 0 Å². The zero-order chi connectivity index (χ0) is 11.1. The van der Waals surface area contributed by atoms with Crippen LogP contribution >= 0.6 is 11.8 Å². The summed E-state index contributed by atoms with van der Waals surface area (Å²) in [5.41, 5.74) is 0. The summed E-state index contributed by atoms with van der Waals surface area (Å²) in [6, 6.07) is 1.52. The highest BCUT2D eigenvalue weighted by Gasteiger charge is 2.20. The number of rotatable bonds is 6. The van der Waals surface area contributed by atoms with Gasteiger partial charge >= 0.3 is 0 Å². The molecule has 0 amide bonds. The van der Waals surface area contributed by atoms with Crippen LogP contribution in [0.3, 0.4) is 0 Å². The predicted octanol–water partition coefficient (Wildman–Crippen LogP) is 3.69. The van der Waals surface area contributed by atoms with Gasteiger partial charge in [-0.1, -0.05) is 13.3 Å². The van der Waals surface area contributed by atoms with Crippen LogP contribution in [0.4, 0.5) is 0 Å². The average Bonchev–Trinajstić information content (AvgIpc) is 2.27. The summed E-state index contributed by atoms with van der Waals surface area (Å²) in [4.78, 5) is 0. The molecule has 0 radical (unpaired) electrons. The molecule has 90 valence electrons. The third kappa shape index (κ3) is 5.26. The third-order valence-electron chi connectivity index (χ3n) is 3.70. The zero-order valence-electron chi connectivity index (χ0n) is 10.6. The summed E-state index contributed by atoms with van der Waals surface area (Å²) in [7, 11) is 0. The topological polar surface area (TPSA) is 12.0 Å². The van der Waals surface area contributed by atoms with Crippen molar-refractivity contribution in [2.24, 2.45) is 5.92 Å². The molecule has 1 saturated carbocycles. The second-order valence-corrected chi connectivity index (χ2v) is 5.96. The smallest absolute Gasteiger partial charge is 0.00697 e. The highest BCUT2D eigenvalue weighted by molar-refractivity contribution is 7.98. The molecular weight excluding hydrogens is 202 g/mol. The molecular formula is C13H27NS. The first-order chi connectivity index (χ1) is 7.26. The minimum atomic E-state index is 0.709. The lowest BCUT2D eigenvalue weighted by atomic mass is 9.84. The highest BCUT2D eigenvalue weighted by Crippen LogP contribution is 2.26. The Kier molecular flexibility index (Phi) is 6.74. The number of thioether (sulfide) groups is 1. The van der Waals surface area contributed by atoms with Gasteiger partial charge in [-0.05, 0) is 57.0 Å². The Morgan fingerprint density at radius 2 is 1.93 bits per heavy atom. The molecule has 1 atom stereocenters. The molecule has 1 unspecified atom stereocenters. The molecule has 0 aromatic carbocycles. The molecule has 2 heteroatoms. The molecule has 1 N–H and O–H groups in total. The first-order valence-electron chi connectivity index (χ1n) is 6.51. The van der Waals surface area contributed by atoms with E-state index in [1.165, 1.54) is 44.3 Å². The van der Waals surface area contributed by atoms with Crippen LogP contribution in [0.15, 0.2) is 0 Å². The van der Waals surface area contributed by atoms with Gasteiger partial charge in [-0.25, -0.2) is 0 Å². The van der Waals surface area contributed by atoms with Crippen molar-refractivity contribution in [2.45, 2.75) is 64.5 Å². The van der Waals surface area contributed by atoms with Gasteiger partial charge in [0, 0.05) is 12.1 Å². The molecule has 0 aromatic heterocycles. The molecule has 0 spiro atoms. The summed E-state index contributed by atoms with van der Waals surface area (Å²) in [5, 5.41) is 3.78. The van der Waals surface area contributed by atoms with E-state index in [4.69, 9.17) is 0 Å². The molecule has 1 rings (SSSR count). The Labute approximate surface area is 99.8 Å². The van der Waals surface area contributed by atoms with Crippen LogP contribution in [-0.2, 0) is 0 Å². The van der Waals surface area contributed by atoms with Crippen LogP contribution < -0.4 is 5.32 Å². The third-order valence-corrected chi connectivity index (χ3v) is 4.34. The van der Waals surface area contributed by atoms with Gasteiger partial charge in [-0.15, -0.1) is 0 Å². The summed E-state index contributed by atoms with van der Waals surface area (Å²) < 4.78 is 0. The second-order valence-electron chi connectivity index (χ2n) is 4.98. The summed E-state index contributed by atoms with van der Waals surface area (Å²) in [5.74, 6) is 2.31. The molecule has 1 nitrogen and oxygen atoms in total. The summed E-state index contributed by atoms with van der Waals surface area (Å²) >= 11 is 1.96. The molecule has 0 aromatic rings. The fourth-order valence-corrected chi connectivity index (χ4v) is 3.11. The maximum absolute atomic E-state index is 3.78. The Bertz CT molecular complexity index is 153. The van der Waals surface area contributed by atoms with Gasteiger partial charge in [0.1, 0.15) is 0 Å². The summed E-state index contributed by atoms with van der Waals surface area (Å²) in [6.45, 7) is 4.67. The van der Waals surface area contributed by atoms with Crippen molar-refractivity contribution in [3.63, 3.8) is 0 Å². The highest BCUT2D eigenvalue weighted by atomic mass is 32.2. The van der Waals surface area contributed by atoms with Crippen molar-refractivity contribution in [2.75, 3.05) is 12.0 Å². The van der Waals surface area contributed by atoms with E-state index in [2.05, 4.69) is 25.4 Å². The molecule has 0 heterocycles. The van der Waals surface area contributed by atoms with E-state index in [0.29, 0.717) is 6.04 Å². The minimum absolute atomic E-state index is 0.709. The van der Waals surface area contributed by atoms with E-state index in [9.17, 15) is 0 Å². The standard InChI is InChI=1S/C13H27NS/c1-4-12-5-7-13(8-6-12)14-11(2)9-10-15-3/h11-14H,4-10H2,1-3H3. The fourth-order valence-electron chi connectivity index (χ4n) is 2.52. The fraction of sp³-hybridized carbons (Fsp3) is 1.00. The monoisotopic (exact) mass is 229 g/mol. The summed E-state index contributed by atoms with van der Waals surface area (Å²) in [6.07, 6.45) is 10.6. The largest absolute Gasteiger partial charge is 0.311 e. The molecule has 1 fully saturated rings. The van der Waals surface area contributed by atoms with Crippen LogP contribution in [0.2, 0.25) is 0 Å². The van der Waals surface area contributed by atoms with Gasteiger partial charge in [-0.2, -0.15) is 11.8 Å². The van der Waals surface area contributed by atoms with Crippen LogP contribution in [-0.4, -0.2) is 24.1 Å². The van der Waals surface area contributed by atoms with Gasteiger partial charge in [-0.3, -0.25) is 0 Å². The Balaban J connectivity index is 2.12. The van der Waals surface area contributed by atoms with Crippen molar-refractivity contribution >= 4 is 11.8 Å². The van der Waals surface area contributed by atoms with E-state index in [1.54, 1.807) is 0 Å². The first-order valence-corrected chi connectivity index (χ1v) is 7.90. The van der Waals surface area contributed by atoms with Gasteiger partial charge < -0.3 is 5.32 Å². The lowest BCUT2D eigenvalue weighted by Crippen LogP contribution is -2.39. The molecule has 1 aliphatic rings. The second kappa shape index (κ2) is 7.56. The molecule has 15 heavy (non-hydrogen) atoms. The Morgan fingerprint density at radius 1 is 1.27 bits per heavy atom. The molecule has 1 aliphatic carbocycles. The maximum Gasteiger partial charge on any atom is 0.00697 e. The lowest BCUT2D eigenvalue weighted by molar-refractivity contribution is 0.271. The van der Waals surface area contributed by atoms with Gasteiger partial charge in [0.15, 0.2) is 0 Å². The van der Waals surface area contributed by atoms with E-state index in [1.807, 2.05) is 11.8 Å². The van der Waals surface area contributed by atoms with Crippen molar-refractivity contribution in [1.29, 1.82) is 0 Å². The van der Waals surface area contributed by atoms with Crippen LogP contribution in [0.25, 0.3) is 0 Å². The lowest BCUT2D eigenvalue weighted by Gasteiger charge is -2.30. The normalized spacial score (nSPS) is 29.0. The zero-order valence-corrected chi connectivity index (χ0v) is 11.4. The van der Waals surface area contributed by atoms with E-state index < -0.39 is 0 Å². The van der Waals surface area contributed by atoms with Crippen molar-refractivity contribution in [3.8, 4) is 0 Å². The van der Waals surface area contributed by atoms with Crippen molar-refractivity contribution in [1.82, 2.24) is 5.32 Å². The van der Waals surface area contributed by atoms with Crippen molar-refractivity contribution < 1.29 is 0 Å². The van der Waals surface area contributed by atoms with Gasteiger partial charge in [0.25, 0.3) is 0 Å². The average molecular weight is 229 g/mol. The Morgan fingerprint density at radius 3 is 2.47 bits per heavy atom. The van der Waals surface area contributed by atoms with Crippen LogP contribution in [0.1, 0.15) is 52.4 Å². The van der Waals surface area contributed by atoms with Gasteiger partial charge in [0.05, 0.1) is 0 Å². The number of hydrogen-bond donors (Lipinski definition) is 1. The van der Waals surface area contributed by atoms with Crippen LogP contribution in [0.5, 0.6) is 0 Å². The quantitative estimate of drug-likeness (QED) is 0.745. The van der Waals surface area contributed by atoms with Crippen LogP contribution in [0, 0.1) is 5.92 Å².